The van der Waals surface area contributed by atoms with Gasteiger partial charge in [-0.15, -0.1) is 0 Å². The van der Waals surface area contributed by atoms with E-state index in [0.717, 1.165) is 28.1 Å². The molecule has 1 aliphatic heterocycles. The number of likely N-dealkylation sites (tertiary alicyclic amines) is 1. The van der Waals surface area contributed by atoms with E-state index in [9.17, 15) is 18.8 Å². The Balaban J connectivity index is 1.51. The number of carbonyl (C=O) groups excluding carboxylic acids is 3. The molecular formula is C28H23FN2O3. The molecule has 2 unspecified atom stereocenters. The molecule has 1 fully saturated rings. The fourth-order valence-corrected chi connectivity index (χ4v) is 4.76. The number of aromatic amines is 1. The molecule has 1 aliphatic rings. The van der Waals surface area contributed by atoms with Gasteiger partial charge in [0.05, 0.1) is 6.04 Å². The molecule has 0 aliphatic carbocycles. The van der Waals surface area contributed by atoms with Crippen molar-refractivity contribution in [3.63, 3.8) is 0 Å². The third-order valence-corrected chi connectivity index (χ3v) is 6.51. The van der Waals surface area contributed by atoms with Crippen molar-refractivity contribution < 1.29 is 18.8 Å². The van der Waals surface area contributed by atoms with Crippen molar-refractivity contribution in [3.8, 4) is 0 Å². The summed E-state index contributed by atoms with van der Waals surface area (Å²) in [5.74, 6) is -3.76. The molecule has 2 heterocycles. The fourth-order valence-electron chi connectivity index (χ4n) is 4.76. The van der Waals surface area contributed by atoms with Gasteiger partial charge in [-0.3, -0.25) is 14.4 Å². The zero-order chi connectivity index (χ0) is 23.8. The molecule has 1 aromatic heterocycles. The minimum absolute atomic E-state index is 0.0849. The molecule has 170 valence electrons. The molecule has 5 rings (SSSR count). The summed E-state index contributed by atoms with van der Waals surface area (Å²) in [6.07, 6.45) is 2.43. The number of nitrogens with zero attached hydrogens (tertiary/aromatic N) is 1. The molecular weight excluding hydrogens is 431 g/mol. The van der Waals surface area contributed by atoms with Gasteiger partial charge in [0.15, 0.2) is 5.78 Å². The van der Waals surface area contributed by atoms with Gasteiger partial charge in [0.25, 0.3) is 5.91 Å². The van der Waals surface area contributed by atoms with E-state index in [1.54, 1.807) is 0 Å². The van der Waals surface area contributed by atoms with Crippen molar-refractivity contribution in [1.82, 2.24) is 9.88 Å². The maximum atomic E-state index is 13.8. The van der Waals surface area contributed by atoms with Crippen LogP contribution in [0.1, 0.15) is 33.1 Å². The second-order valence-corrected chi connectivity index (χ2v) is 8.68. The molecule has 34 heavy (non-hydrogen) atoms. The molecule has 0 spiro atoms. The van der Waals surface area contributed by atoms with Crippen molar-refractivity contribution >= 4 is 28.4 Å². The number of nitrogens with one attached hydrogen (secondary N) is 1. The largest absolute Gasteiger partial charge is 0.361 e. The van der Waals surface area contributed by atoms with Crippen LogP contribution in [0.25, 0.3) is 10.9 Å². The van der Waals surface area contributed by atoms with Crippen molar-refractivity contribution in [2.75, 3.05) is 6.54 Å². The van der Waals surface area contributed by atoms with Crippen molar-refractivity contribution in [2.24, 2.45) is 5.92 Å². The van der Waals surface area contributed by atoms with Crippen LogP contribution in [0.5, 0.6) is 0 Å². The number of para-hydroxylation sites is 1. The summed E-state index contributed by atoms with van der Waals surface area (Å²) in [4.78, 5) is 44.4. The van der Waals surface area contributed by atoms with Crippen LogP contribution in [0.2, 0.25) is 0 Å². The van der Waals surface area contributed by atoms with Crippen LogP contribution in [-0.4, -0.2) is 33.9 Å². The number of fused-ring (bicyclic) bond motifs is 1. The third-order valence-electron chi connectivity index (χ3n) is 6.51. The summed E-state index contributed by atoms with van der Waals surface area (Å²) in [6.45, 7) is 2.22. The van der Waals surface area contributed by atoms with Gasteiger partial charge in [-0.05, 0) is 42.7 Å². The molecule has 0 bridgehead atoms. The van der Waals surface area contributed by atoms with E-state index in [2.05, 4.69) is 4.98 Å². The predicted octanol–water partition coefficient (Wildman–Crippen LogP) is 4.81. The van der Waals surface area contributed by atoms with E-state index in [4.69, 9.17) is 0 Å². The molecule has 3 aromatic carbocycles. The Morgan fingerprint density at radius 2 is 1.76 bits per heavy atom. The van der Waals surface area contributed by atoms with Crippen LogP contribution in [-0.2, 0) is 16.0 Å². The number of hydrogen-bond acceptors (Lipinski definition) is 3. The van der Waals surface area contributed by atoms with Crippen molar-refractivity contribution in [1.29, 1.82) is 0 Å². The van der Waals surface area contributed by atoms with Gasteiger partial charge < -0.3 is 9.88 Å². The van der Waals surface area contributed by atoms with Gasteiger partial charge in [0.2, 0.25) is 5.78 Å². The van der Waals surface area contributed by atoms with E-state index in [1.807, 2.05) is 61.7 Å². The SMILES string of the molecule is Cc1ccc(C2C(C(=O)c3cccc(F)c3)C(=O)C(=O)N2CCc2c[nH]c3ccccc23)cc1. The third kappa shape index (κ3) is 3.81. The second-order valence-electron chi connectivity index (χ2n) is 8.68. The standard InChI is InChI=1S/C28H23FN2O3/c1-17-9-11-18(12-10-17)25-24(26(32)19-5-4-6-21(29)15-19)27(33)28(34)31(25)14-13-20-16-30-23-8-3-2-7-22(20)23/h2-12,15-16,24-25,30H,13-14H2,1H3. The molecule has 4 aromatic rings. The first-order chi connectivity index (χ1) is 16.4. The number of ketones is 2. The summed E-state index contributed by atoms with van der Waals surface area (Å²) in [7, 11) is 0. The molecule has 0 radical (unpaired) electrons. The molecule has 1 N–H and O–H groups in total. The summed E-state index contributed by atoms with van der Waals surface area (Å²) in [6, 6.07) is 19.9. The highest BCUT2D eigenvalue weighted by Crippen LogP contribution is 2.38. The normalized spacial score (nSPS) is 18.1. The monoisotopic (exact) mass is 454 g/mol. The lowest BCUT2D eigenvalue weighted by Gasteiger charge is -2.27. The second kappa shape index (κ2) is 8.71. The first-order valence-electron chi connectivity index (χ1n) is 11.2. The van der Waals surface area contributed by atoms with Crippen molar-refractivity contribution in [3.05, 3.63) is 107 Å². The van der Waals surface area contributed by atoms with Crippen LogP contribution in [0.3, 0.4) is 0 Å². The van der Waals surface area contributed by atoms with E-state index in [-0.39, 0.29) is 12.1 Å². The Kier molecular flexibility index (Phi) is 5.57. The number of hydrogen-bond donors (Lipinski definition) is 1. The van der Waals surface area contributed by atoms with E-state index in [0.29, 0.717) is 12.0 Å². The van der Waals surface area contributed by atoms with Gasteiger partial charge in [0, 0.05) is 29.2 Å². The first-order valence-corrected chi connectivity index (χ1v) is 11.2. The van der Waals surface area contributed by atoms with Gasteiger partial charge in [-0.2, -0.15) is 0 Å². The Morgan fingerprint density at radius 1 is 1.00 bits per heavy atom. The number of aromatic nitrogens is 1. The van der Waals surface area contributed by atoms with E-state index < -0.39 is 35.3 Å². The lowest BCUT2D eigenvalue weighted by Crippen LogP contribution is -2.32. The number of Topliss-reactive ketones (excluding diaryl/α,β-unsaturated/α-hetero) is 2. The number of aryl methyl sites for hydroxylation is 1. The highest BCUT2D eigenvalue weighted by molar-refractivity contribution is 6.44. The predicted molar refractivity (Wildman–Crippen MR) is 127 cm³/mol. The summed E-state index contributed by atoms with van der Waals surface area (Å²) in [5, 5.41) is 1.06. The van der Waals surface area contributed by atoms with Crippen LogP contribution >= 0.6 is 0 Å². The zero-order valence-corrected chi connectivity index (χ0v) is 18.6. The summed E-state index contributed by atoms with van der Waals surface area (Å²) >= 11 is 0. The maximum absolute atomic E-state index is 13.8. The van der Waals surface area contributed by atoms with Crippen LogP contribution in [0.15, 0.2) is 79.0 Å². The van der Waals surface area contributed by atoms with E-state index in [1.165, 1.54) is 23.1 Å². The van der Waals surface area contributed by atoms with Gasteiger partial charge in [-0.25, -0.2) is 4.39 Å². The Bertz CT molecular complexity index is 1410. The highest BCUT2D eigenvalue weighted by Gasteiger charge is 2.51. The fraction of sp³-hybridized carbons (Fsp3) is 0.179. The van der Waals surface area contributed by atoms with Gasteiger partial charge in [0.1, 0.15) is 11.7 Å². The zero-order valence-electron chi connectivity index (χ0n) is 18.6. The molecule has 5 nitrogen and oxygen atoms in total. The molecule has 6 heteroatoms. The number of benzene rings is 3. The number of rotatable bonds is 6. The summed E-state index contributed by atoms with van der Waals surface area (Å²) < 4.78 is 13.8. The molecule has 1 saturated heterocycles. The smallest absolute Gasteiger partial charge is 0.291 e. The number of H-pyrrole nitrogens is 1. The van der Waals surface area contributed by atoms with Crippen molar-refractivity contribution in [2.45, 2.75) is 19.4 Å². The number of carbonyl (C=O) groups is 3. The molecule has 2 atom stereocenters. The average Bonchev–Trinajstić information content (AvgIpc) is 3.36. The Labute approximate surface area is 196 Å². The van der Waals surface area contributed by atoms with Crippen LogP contribution < -0.4 is 0 Å². The number of amides is 1. The van der Waals surface area contributed by atoms with Crippen LogP contribution in [0.4, 0.5) is 4.39 Å². The quantitative estimate of drug-likeness (QED) is 0.258. The lowest BCUT2D eigenvalue weighted by molar-refractivity contribution is -0.140. The topological polar surface area (TPSA) is 70.2 Å². The minimum atomic E-state index is -1.22. The minimum Gasteiger partial charge on any atom is -0.361 e. The summed E-state index contributed by atoms with van der Waals surface area (Å²) in [5.41, 5.74) is 3.84. The molecule has 1 amide bonds. The van der Waals surface area contributed by atoms with Gasteiger partial charge in [-0.1, -0.05) is 60.2 Å². The number of halogens is 1. The Hall–Kier alpha value is -4.06. The first kappa shape index (κ1) is 21.8. The highest BCUT2D eigenvalue weighted by atomic mass is 19.1. The lowest BCUT2D eigenvalue weighted by atomic mass is 9.86. The van der Waals surface area contributed by atoms with E-state index >= 15 is 0 Å². The molecule has 0 saturated carbocycles. The maximum Gasteiger partial charge on any atom is 0.291 e. The van der Waals surface area contributed by atoms with Gasteiger partial charge >= 0.3 is 0 Å². The average molecular weight is 455 g/mol. The van der Waals surface area contributed by atoms with Crippen LogP contribution in [0, 0.1) is 18.7 Å². The Morgan fingerprint density at radius 3 is 2.53 bits per heavy atom.